The number of halogens is 3. The Kier molecular flexibility index (Phi) is 5.22. The molecule has 0 aliphatic heterocycles. The van der Waals surface area contributed by atoms with Crippen LogP contribution in [0.1, 0.15) is 6.92 Å². The van der Waals surface area contributed by atoms with Crippen LogP contribution in [0.15, 0.2) is 12.2 Å². The highest BCUT2D eigenvalue weighted by Crippen LogP contribution is 2.11. The lowest BCUT2D eigenvalue weighted by molar-refractivity contribution is -0.128. The van der Waals surface area contributed by atoms with Crippen molar-refractivity contribution in [2.24, 2.45) is 0 Å². The number of alkyl halides is 3. The first-order valence-electron chi connectivity index (χ1n) is 4.00. The van der Waals surface area contributed by atoms with Crippen LogP contribution in [0.25, 0.3) is 0 Å². The van der Waals surface area contributed by atoms with Crippen LogP contribution in [0.2, 0.25) is 0 Å². The van der Waals surface area contributed by atoms with E-state index in [2.05, 4.69) is 11.9 Å². The molecule has 3 nitrogen and oxygen atoms in total. The number of rotatable bonds is 5. The first-order chi connectivity index (χ1) is 6.31. The second kappa shape index (κ2) is 5.64. The van der Waals surface area contributed by atoms with Gasteiger partial charge < -0.3 is 10.6 Å². The fraction of sp³-hybridized carbons (Fsp3) is 0.625. The molecule has 0 aromatic rings. The molecule has 0 heterocycles. The SMILES string of the molecule is C=C(C)CNC(=O)CNCC(F)(F)F. The Hall–Kier alpha value is -1.04. The lowest BCUT2D eigenvalue weighted by Crippen LogP contribution is -2.38. The van der Waals surface area contributed by atoms with Crippen LogP contribution in [0, 0.1) is 0 Å². The first-order valence-corrected chi connectivity index (χ1v) is 4.00. The van der Waals surface area contributed by atoms with Crippen LogP contribution in [-0.4, -0.2) is 31.7 Å². The lowest BCUT2D eigenvalue weighted by Gasteiger charge is -2.08. The van der Waals surface area contributed by atoms with Crippen LogP contribution in [-0.2, 0) is 4.79 Å². The molecule has 0 aliphatic rings. The predicted molar refractivity (Wildman–Crippen MR) is 46.7 cm³/mol. The van der Waals surface area contributed by atoms with Gasteiger partial charge in [0.2, 0.25) is 5.91 Å². The molecule has 14 heavy (non-hydrogen) atoms. The van der Waals surface area contributed by atoms with Crippen LogP contribution < -0.4 is 10.6 Å². The van der Waals surface area contributed by atoms with Crippen molar-refractivity contribution in [1.29, 1.82) is 0 Å². The molecule has 0 fully saturated rings. The zero-order valence-electron chi connectivity index (χ0n) is 7.87. The van der Waals surface area contributed by atoms with Gasteiger partial charge in [-0.15, -0.1) is 0 Å². The molecule has 0 radical (unpaired) electrons. The molecule has 0 saturated carbocycles. The van der Waals surface area contributed by atoms with Crippen LogP contribution in [0.3, 0.4) is 0 Å². The average molecular weight is 210 g/mol. The van der Waals surface area contributed by atoms with Crippen molar-refractivity contribution in [3.05, 3.63) is 12.2 Å². The zero-order valence-corrected chi connectivity index (χ0v) is 7.87. The van der Waals surface area contributed by atoms with E-state index in [1.807, 2.05) is 5.32 Å². The molecular weight excluding hydrogens is 197 g/mol. The molecule has 1 amide bonds. The molecule has 0 bridgehead atoms. The van der Waals surface area contributed by atoms with E-state index < -0.39 is 18.6 Å². The molecule has 0 unspecified atom stereocenters. The highest BCUT2D eigenvalue weighted by atomic mass is 19.4. The molecule has 82 valence electrons. The van der Waals surface area contributed by atoms with E-state index in [0.717, 1.165) is 5.57 Å². The van der Waals surface area contributed by atoms with E-state index in [0.29, 0.717) is 0 Å². The number of hydrogen-bond acceptors (Lipinski definition) is 2. The van der Waals surface area contributed by atoms with Crippen molar-refractivity contribution in [2.45, 2.75) is 13.1 Å². The Balaban J connectivity index is 3.50. The summed E-state index contributed by atoms with van der Waals surface area (Å²) in [6, 6.07) is 0. The van der Waals surface area contributed by atoms with E-state index in [4.69, 9.17) is 0 Å². The predicted octanol–water partition coefficient (Wildman–Crippen LogP) is 0.831. The third-order valence-electron chi connectivity index (χ3n) is 1.20. The summed E-state index contributed by atoms with van der Waals surface area (Å²) >= 11 is 0. The van der Waals surface area contributed by atoms with E-state index in [1.165, 1.54) is 0 Å². The highest BCUT2D eigenvalue weighted by molar-refractivity contribution is 5.78. The number of hydrogen-bond donors (Lipinski definition) is 2. The second-order valence-electron chi connectivity index (χ2n) is 2.95. The van der Waals surface area contributed by atoms with Gasteiger partial charge in [-0.3, -0.25) is 4.79 Å². The number of nitrogens with one attached hydrogen (secondary N) is 2. The van der Waals surface area contributed by atoms with E-state index >= 15 is 0 Å². The maximum absolute atomic E-state index is 11.6. The summed E-state index contributed by atoms with van der Waals surface area (Å²) in [7, 11) is 0. The quantitative estimate of drug-likeness (QED) is 0.660. The van der Waals surface area contributed by atoms with Crippen molar-refractivity contribution >= 4 is 5.91 Å². The van der Waals surface area contributed by atoms with Crippen molar-refractivity contribution < 1.29 is 18.0 Å². The van der Waals surface area contributed by atoms with Crippen molar-refractivity contribution in [1.82, 2.24) is 10.6 Å². The molecule has 0 spiro atoms. The Morgan fingerprint density at radius 1 is 1.36 bits per heavy atom. The van der Waals surface area contributed by atoms with Gasteiger partial charge in [0, 0.05) is 6.54 Å². The van der Waals surface area contributed by atoms with Gasteiger partial charge in [0.25, 0.3) is 0 Å². The van der Waals surface area contributed by atoms with Crippen molar-refractivity contribution in [2.75, 3.05) is 19.6 Å². The standard InChI is InChI=1S/C8H13F3N2O/c1-6(2)3-13-7(14)4-12-5-8(9,10)11/h12H,1,3-5H2,2H3,(H,13,14). The monoisotopic (exact) mass is 210 g/mol. The highest BCUT2D eigenvalue weighted by Gasteiger charge is 2.26. The maximum Gasteiger partial charge on any atom is 0.401 e. The Bertz CT molecular complexity index is 213. The van der Waals surface area contributed by atoms with Gasteiger partial charge in [0.1, 0.15) is 0 Å². The third kappa shape index (κ3) is 9.05. The van der Waals surface area contributed by atoms with Gasteiger partial charge in [-0.1, -0.05) is 12.2 Å². The molecule has 0 saturated heterocycles. The summed E-state index contributed by atoms with van der Waals surface area (Å²) in [5.74, 6) is -0.475. The number of carbonyl (C=O) groups is 1. The van der Waals surface area contributed by atoms with Gasteiger partial charge in [-0.2, -0.15) is 13.2 Å². The molecule has 6 heteroatoms. The summed E-state index contributed by atoms with van der Waals surface area (Å²) in [4.78, 5) is 10.9. The largest absolute Gasteiger partial charge is 0.401 e. The Morgan fingerprint density at radius 3 is 2.36 bits per heavy atom. The van der Waals surface area contributed by atoms with Crippen molar-refractivity contribution in [3.8, 4) is 0 Å². The topological polar surface area (TPSA) is 41.1 Å². The molecular formula is C8H13F3N2O. The smallest absolute Gasteiger partial charge is 0.351 e. The Labute approximate surface area is 80.4 Å². The van der Waals surface area contributed by atoms with E-state index in [-0.39, 0.29) is 13.1 Å². The normalized spacial score (nSPS) is 11.1. The Morgan fingerprint density at radius 2 is 1.93 bits per heavy atom. The lowest BCUT2D eigenvalue weighted by atomic mass is 10.3. The number of carbonyl (C=O) groups excluding carboxylic acids is 1. The molecule has 0 aliphatic carbocycles. The summed E-state index contributed by atoms with van der Waals surface area (Å²) in [6.07, 6.45) is -4.28. The molecule has 0 aromatic carbocycles. The molecule has 0 atom stereocenters. The molecule has 0 rings (SSSR count). The zero-order chi connectivity index (χ0) is 11.2. The van der Waals surface area contributed by atoms with Crippen molar-refractivity contribution in [3.63, 3.8) is 0 Å². The average Bonchev–Trinajstić information content (AvgIpc) is 1.98. The minimum Gasteiger partial charge on any atom is -0.351 e. The molecule has 0 aromatic heterocycles. The van der Waals surface area contributed by atoms with E-state index in [1.54, 1.807) is 6.92 Å². The summed E-state index contributed by atoms with van der Waals surface area (Å²) in [5, 5.41) is 4.38. The maximum atomic E-state index is 11.6. The summed E-state index contributed by atoms with van der Waals surface area (Å²) in [6.45, 7) is 4.03. The van der Waals surface area contributed by atoms with Gasteiger partial charge in [0.15, 0.2) is 0 Å². The van der Waals surface area contributed by atoms with Gasteiger partial charge >= 0.3 is 6.18 Å². The fourth-order valence-corrected chi connectivity index (χ4v) is 0.630. The fourth-order valence-electron chi connectivity index (χ4n) is 0.630. The van der Waals surface area contributed by atoms with Gasteiger partial charge in [-0.25, -0.2) is 0 Å². The number of amides is 1. The van der Waals surface area contributed by atoms with Crippen LogP contribution >= 0.6 is 0 Å². The molecule has 2 N–H and O–H groups in total. The minimum absolute atomic E-state index is 0.284. The minimum atomic E-state index is -4.28. The van der Waals surface area contributed by atoms with Gasteiger partial charge in [0.05, 0.1) is 13.1 Å². The van der Waals surface area contributed by atoms with E-state index in [9.17, 15) is 18.0 Å². The second-order valence-corrected chi connectivity index (χ2v) is 2.95. The summed E-state index contributed by atoms with van der Waals surface area (Å²) in [5.41, 5.74) is 0.745. The van der Waals surface area contributed by atoms with Crippen LogP contribution in [0.4, 0.5) is 13.2 Å². The first kappa shape index (κ1) is 13.0. The van der Waals surface area contributed by atoms with Crippen LogP contribution in [0.5, 0.6) is 0 Å². The summed E-state index contributed by atoms with van der Waals surface area (Å²) < 4.78 is 34.8. The third-order valence-corrected chi connectivity index (χ3v) is 1.20. The van der Waals surface area contributed by atoms with Gasteiger partial charge in [-0.05, 0) is 6.92 Å².